The van der Waals surface area contributed by atoms with Crippen molar-refractivity contribution in [3.8, 4) is 5.75 Å². The number of likely N-dealkylation sites (tertiary alicyclic amines) is 1. The molecule has 1 aliphatic heterocycles. The van der Waals surface area contributed by atoms with E-state index in [-0.39, 0.29) is 24.6 Å². The number of halogens is 6. The molecule has 0 aromatic heterocycles. The van der Waals surface area contributed by atoms with Crippen LogP contribution in [-0.2, 0) is 21.9 Å². The zero-order valence-corrected chi connectivity index (χ0v) is 14.8. The molecule has 1 N–H and O–H groups in total. The van der Waals surface area contributed by atoms with Gasteiger partial charge in [0.1, 0.15) is 5.75 Å². The van der Waals surface area contributed by atoms with Crippen LogP contribution in [0.2, 0.25) is 0 Å². The molecule has 0 bridgehead atoms. The fraction of sp³-hybridized carbons (Fsp3) is 0.529. The Balaban J connectivity index is 2.08. The first kappa shape index (κ1) is 21.8. The van der Waals surface area contributed by atoms with Crippen molar-refractivity contribution in [3.63, 3.8) is 0 Å². The van der Waals surface area contributed by atoms with Gasteiger partial charge in [-0.25, -0.2) is 0 Å². The molecule has 1 saturated heterocycles. The average molecular weight is 412 g/mol. The van der Waals surface area contributed by atoms with Gasteiger partial charge in [0, 0.05) is 26.1 Å². The lowest BCUT2D eigenvalue weighted by molar-refractivity contribution is -0.143. The monoisotopic (exact) mass is 412 g/mol. The van der Waals surface area contributed by atoms with Crippen molar-refractivity contribution in [2.75, 3.05) is 19.7 Å². The second kappa shape index (κ2) is 8.27. The van der Waals surface area contributed by atoms with Gasteiger partial charge < -0.3 is 15.0 Å². The van der Waals surface area contributed by atoms with Crippen LogP contribution in [0.5, 0.6) is 5.75 Å². The van der Waals surface area contributed by atoms with Gasteiger partial charge in [0.05, 0.1) is 11.1 Å². The van der Waals surface area contributed by atoms with Crippen LogP contribution < -0.4 is 10.1 Å². The predicted molar refractivity (Wildman–Crippen MR) is 85.4 cm³/mol. The molecule has 1 unspecified atom stereocenters. The van der Waals surface area contributed by atoms with E-state index in [1.165, 1.54) is 11.8 Å². The molecule has 1 aromatic rings. The average Bonchev–Trinajstić information content (AvgIpc) is 2.57. The Labute approximate surface area is 156 Å². The van der Waals surface area contributed by atoms with Crippen LogP contribution in [0, 0.1) is 0 Å². The van der Waals surface area contributed by atoms with Gasteiger partial charge in [0.15, 0.2) is 6.61 Å². The van der Waals surface area contributed by atoms with E-state index in [4.69, 9.17) is 4.74 Å². The molecule has 2 amide bonds. The predicted octanol–water partition coefficient (Wildman–Crippen LogP) is 3.23. The maximum Gasteiger partial charge on any atom is 0.416 e. The van der Waals surface area contributed by atoms with Crippen molar-refractivity contribution >= 4 is 11.8 Å². The van der Waals surface area contributed by atoms with Crippen molar-refractivity contribution in [1.82, 2.24) is 10.2 Å². The Kier molecular flexibility index (Phi) is 6.45. The third-order valence-electron chi connectivity index (χ3n) is 4.10. The molecule has 1 aromatic carbocycles. The number of alkyl halides is 6. The number of hydrogen-bond donors (Lipinski definition) is 1. The van der Waals surface area contributed by atoms with Crippen molar-refractivity contribution in [3.05, 3.63) is 29.3 Å². The number of piperidine rings is 1. The summed E-state index contributed by atoms with van der Waals surface area (Å²) in [5, 5.41) is 2.66. The minimum absolute atomic E-state index is 0.0165. The van der Waals surface area contributed by atoms with E-state index >= 15 is 0 Å². The summed E-state index contributed by atoms with van der Waals surface area (Å²) >= 11 is 0. The number of nitrogens with one attached hydrogen (secondary N) is 1. The molecule has 1 atom stereocenters. The van der Waals surface area contributed by atoms with Gasteiger partial charge in [-0.2, -0.15) is 26.3 Å². The highest BCUT2D eigenvalue weighted by Crippen LogP contribution is 2.38. The summed E-state index contributed by atoms with van der Waals surface area (Å²) < 4.78 is 82.0. The number of amides is 2. The quantitative estimate of drug-likeness (QED) is 0.773. The molecule has 0 aliphatic carbocycles. The molecule has 1 fully saturated rings. The first-order valence-electron chi connectivity index (χ1n) is 8.33. The van der Waals surface area contributed by atoms with Gasteiger partial charge in [0.25, 0.3) is 5.91 Å². The lowest BCUT2D eigenvalue weighted by Gasteiger charge is -2.33. The number of rotatable bonds is 4. The van der Waals surface area contributed by atoms with Gasteiger partial charge >= 0.3 is 12.4 Å². The summed E-state index contributed by atoms with van der Waals surface area (Å²) in [6.07, 6.45) is -8.74. The van der Waals surface area contributed by atoms with Gasteiger partial charge in [-0.05, 0) is 31.0 Å². The topological polar surface area (TPSA) is 58.6 Å². The van der Waals surface area contributed by atoms with Gasteiger partial charge in [-0.3, -0.25) is 9.59 Å². The molecular weight excluding hydrogens is 394 g/mol. The number of nitrogens with zero attached hydrogens (tertiary/aromatic N) is 1. The van der Waals surface area contributed by atoms with Crippen LogP contribution in [-0.4, -0.2) is 42.5 Å². The number of carbonyl (C=O) groups excluding carboxylic acids is 2. The van der Waals surface area contributed by atoms with Crippen LogP contribution in [0.3, 0.4) is 0 Å². The first-order chi connectivity index (χ1) is 12.9. The summed E-state index contributed by atoms with van der Waals surface area (Å²) in [5.41, 5.74) is -3.04. The number of hydrogen-bond acceptors (Lipinski definition) is 3. The van der Waals surface area contributed by atoms with E-state index in [0.717, 1.165) is 0 Å². The van der Waals surface area contributed by atoms with Crippen LogP contribution in [0.15, 0.2) is 18.2 Å². The molecule has 1 heterocycles. The Morgan fingerprint density at radius 2 is 1.68 bits per heavy atom. The Bertz CT molecular complexity index is 700. The smallest absolute Gasteiger partial charge is 0.416 e. The first-order valence-corrected chi connectivity index (χ1v) is 8.33. The van der Waals surface area contributed by atoms with Crippen LogP contribution in [0.25, 0.3) is 0 Å². The largest absolute Gasteiger partial charge is 0.484 e. The summed E-state index contributed by atoms with van der Waals surface area (Å²) in [5.74, 6) is -1.56. The summed E-state index contributed by atoms with van der Waals surface area (Å²) in [4.78, 5) is 24.7. The Morgan fingerprint density at radius 3 is 2.18 bits per heavy atom. The van der Waals surface area contributed by atoms with Gasteiger partial charge in [-0.15, -0.1) is 0 Å². The van der Waals surface area contributed by atoms with Gasteiger partial charge in [-0.1, -0.05) is 0 Å². The number of benzene rings is 1. The molecule has 11 heteroatoms. The van der Waals surface area contributed by atoms with E-state index in [0.29, 0.717) is 31.5 Å². The lowest BCUT2D eigenvalue weighted by atomic mass is 10.1. The second-order valence-electron chi connectivity index (χ2n) is 6.41. The molecule has 0 radical (unpaired) electrons. The summed E-state index contributed by atoms with van der Waals surface area (Å²) in [7, 11) is 0. The third kappa shape index (κ3) is 6.03. The SMILES string of the molecule is CC(=O)NC1CCCN(C(=O)COc2cc(C(F)(F)F)cc(C(F)(F)F)c2)C1. The van der Waals surface area contributed by atoms with E-state index in [1.54, 1.807) is 0 Å². The molecular formula is C17H18F6N2O3. The van der Waals surface area contributed by atoms with Crippen molar-refractivity contribution in [1.29, 1.82) is 0 Å². The van der Waals surface area contributed by atoms with Crippen LogP contribution in [0.4, 0.5) is 26.3 Å². The maximum absolute atomic E-state index is 12.8. The highest BCUT2D eigenvalue weighted by molar-refractivity contribution is 5.78. The minimum atomic E-state index is -5.00. The van der Waals surface area contributed by atoms with Crippen molar-refractivity contribution < 1.29 is 40.7 Å². The van der Waals surface area contributed by atoms with E-state index < -0.39 is 41.7 Å². The fourth-order valence-corrected chi connectivity index (χ4v) is 2.86. The Morgan fingerprint density at radius 1 is 1.11 bits per heavy atom. The zero-order valence-electron chi connectivity index (χ0n) is 14.8. The molecule has 0 spiro atoms. The molecule has 1 aliphatic rings. The molecule has 0 saturated carbocycles. The highest BCUT2D eigenvalue weighted by Gasteiger charge is 2.37. The standard InChI is InChI=1S/C17H18F6N2O3/c1-10(26)24-13-3-2-4-25(8-13)15(27)9-28-14-6-11(16(18,19)20)5-12(7-14)17(21,22)23/h5-7,13H,2-4,8-9H2,1H3,(H,24,26). The molecule has 156 valence electrons. The van der Waals surface area contributed by atoms with E-state index in [9.17, 15) is 35.9 Å². The maximum atomic E-state index is 12.8. The lowest BCUT2D eigenvalue weighted by Crippen LogP contribution is -2.50. The van der Waals surface area contributed by atoms with Crippen molar-refractivity contribution in [2.24, 2.45) is 0 Å². The number of ether oxygens (including phenoxy) is 1. The van der Waals surface area contributed by atoms with E-state index in [2.05, 4.69) is 5.32 Å². The van der Waals surface area contributed by atoms with Crippen LogP contribution in [0.1, 0.15) is 30.9 Å². The zero-order chi connectivity index (χ0) is 21.1. The fourth-order valence-electron chi connectivity index (χ4n) is 2.86. The van der Waals surface area contributed by atoms with E-state index in [1.807, 2.05) is 0 Å². The number of carbonyl (C=O) groups is 2. The third-order valence-corrected chi connectivity index (χ3v) is 4.10. The van der Waals surface area contributed by atoms with Gasteiger partial charge in [0.2, 0.25) is 5.91 Å². The minimum Gasteiger partial charge on any atom is -0.484 e. The molecule has 5 nitrogen and oxygen atoms in total. The summed E-state index contributed by atoms with van der Waals surface area (Å²) in [6, 6.07) is 0.551. The van der Waals surface area contributed by atoms with Crippen molar-refractivity contribution in [2.45, 2.75) is 38.2 Å². The normalized spacial score (nSPS) is 18.0. The highest BCUT2D eigenvalue weighted by atomic mass is 19.4. The van der Waals surface area contributed by atoms with Crippen LogP contribution >= 0.6 is 0 Å². The molecule has 28 heavy (non-hydrogen) atoms. The molecule has 2 rings (SSSR count). The second-order valence-corrected chi connectivity index (χ2v) is 6.41. The Hall–Kier alpha value is -2.46. The summed E-state index contributed by atoms with van der Waals surface area (Å²) in [6.45, 7) is 1.16.